The lowest BCUT2D eigenvalue weighted by molar-refractivity contribution is -0.131. The molecule has 0 fully saturated rings. The Bertz CT molecular complexity index is 1900. The number of carboxylic acids is 1. The summed E-state index contributed by atoms with van der Waals surface area (Å²) < 4.78 is 13.3. The van der Waals surface area contributed by atoms with Crippen molar-refractivity contribution >= 4 is 57.1 Å². The van der Waals surface area contributed by atoms with Gasteiger partial charge in [-0.15, -0.1) is 10.2 Å². The van der Waals surface area contributed by atoms with Gasteiger partial charge in [-0.2, -0.15) is 0 Å². The normalized spacial score (nSPS) is 11.8. The summed E-state index contributed by atoms with van der Waals surface area (Å²) in [5.41, 5.74) is 3.48. The van der Waals surface area contributed by atoms with Crippen molar-refractivity contribution in [3.05, 3.63) is 112 Å². The molecule has 0 aliphatic heterocycles. The third-order valence-corrected chi connectivity index (χ3v) is 7.62. The number of benzene rings is 4. The molecule has 2 heterocycles. The molecular formula is C31H22ClN3O4S. The highest BCUT2D eigenvalue weighted by molar-refractivity contribution is 8.03. The van der Waals surface area contributed by atoms with Crippen molar-refractivity contribution in [1.82, 2.24) is 14.8 Å². The third kappa shape index (κ3) is 5.06. The summed E-state index contributed by atoms with van der Waals surface area (Å²) in [6.07, 6.45) is 3.62. The molecule has 0 aliphatic rings. The topological polar surface area (TPSA) is 90.4 Å². The van der Waals surface area contributed by atoms with E-state index in [9.17, 15) is 9.90 Å². The van der Waals surface area contributed by atoms with Crippen LogP contribution in [0.1, 0.15) is 11.1 Å². The Morgan fingerprint density at radius 2 is 1.80 bits per heavy atom. The molecule has 4 aromatic carbocycles. The van der Waals surface area contributed by atoms with Crippen LogP contribution in [-0.2, 0) is 11.3 Å². The van der Waals surface area contributed by atoms with Crippen molar-refractivity contribution in [3.8, 4) is 17.2 Å². The number of methoxy groups -OCH3 is 1. The Labute approximate surface area is 238 Å². The van der Waals surface area contributed by atoms with Crippen LogP contribution in [-0.4, -0.2) is 33.0 Å². The molecule has 0 radical (unpaired) electrons. The van der Waals surface area contributed by atoms with Gasteiger partial charge in [0.1, 0.15) is 10.7 Å². The number of aliphatic carboxylic acids is 1. The maximum Gasteiger partial charge on any atom is 0.342 e. The molecule has 2 aromatic heterocycles. The van der Waals surface area contributed by atoms with Gasteiger partial charge in [0.15, 0.2) is 0 Å². The fraction of sp³-hybridized carbons (Fsp3) is 0.0645. The first-order valence-electron chi connectivity index (χ1n) is 12.3. The van der Waals surface area contributed by atoms with E-state index in [1.165, 1.54) is 23.4 Å². The van der Waals surface area contributed by atoms with Crippen molar-refractivity contribution < 1.29 is 19.1 Å². The summed E-state index contributed by atoms with van der Waals surface area (Å²) in [6.45, 7) is 0.639. The van der Waals surface area contributed by atoms with Gasteiger partial charge in [0.05, 0.1) is 12.7 Å². The minimum Gasteiger partial charge on any atom is -0.496 e. The van der Waals surface area contributed by atoms with Crippen LogP contribution in [0, 0.1) is 0 Å². The number of hydrogen-bond donors (Lipinski definition) is 1. The Kier molecular flexibility index (Phi) is 7.02. The molecule has 0 spiro atoms. The number of carbonyl (C=O) groups is 1. The predicted molar refractivity (Wildman–Crippen MR) is 158 cm³/mol. The average molecular weight is 568 g/mol. The number of thioether (sulfide) groups is 1. The highest BCUT2D eigenvalue weighted by atomic mass is 35.5. The molecule has 1 N–H and O–H groups in total. The molecule has 0 aliphatic carbocycles. The number of hydrogen-bond acceptors (Lipinski definition) is 6. The average Bonchev–Trinajstić information content (AvgIpc) is 3.58. The Balaban J connectivity index is 1.35. The van der Waals surface area contributed by atoms with E-state index in [4.69, 9.17) is 20.8 Å². The number of rotatable bonds is 8. The zero-order valence-corrected chi connectivity index (χ0v) is 22.8. The van der Waals surface area contributed by atoms with E-state index in [1.54, 1.807) is 24.3 Å². The Morgan fingerprint density at radius 1 is 1.02 bits per heavy atom. The monoisotopic (exact) mass is 567 g/mol. The van der Waals surface area contributed by atoms with Crippen molar-refractivity contribution in [3.63, 3.8) is 0 Å². The highest BCUT2D eigenvalue weighted by Gasteiger charge is 2.19. The first-order valence-corrected chi connectivity index (χ1v) is 13.5. The molecule has 0 unspecified atom stereocenters. The summed E-state index contributed by atoms with van der Waals surface area (Å²) in [6, 6.07) is 27.6. The first-order chi connectivity index (χ1) is 19.5. The highest BCUT2D eigenvalue weighted by Crippen LogP contribution is 2.36. The summed E-state index contributed by atoms with van der Waals surface area (Å²) in [7, 11) is 1.53. The van der Waals surface area contributed by atoms with Crippen molar-refractivity contribution in [2.24, 2.45) is 0 Å². The van der Waals surface area contributed by atoms with Crippen LogP contribution in [0.2, 0.25) is 5.02 Å². The van der Waals surface area contributed by atoms with Gasteiger partial charge in [-0.25, -0.2) is 4.79 Å². The van der Waals surface area contributed by atoms with Gasteiger partial charge in [0.2, 0.25) is 0 Å². The van der Waals surface area contributed by atoms with Crippen LogP contribution in [0.15, 0.2) is 106 Å². The molecule has 6 aromatic rings. The molecule has 0 amide bonds. The lowest BCUT2D eigenvalue weighted by atomic mass is 10.0. The number of halogens is 1. The molecule has 0 bridgehead atoms. The van der Waals surface area contributed by atoms with Crippen LogP contribution in [0.25, 0.3) is 39.2 Å². The quantitative estimate of drug-likeness (QED) is 0.148. The van der Waals surface area contributed by atoms with Gasteiger partial charge in [-0.3, -0.25) is 0 Å². The van der Waals surface area contributed by atoms with Gasteiger partial charge in [0, 0.05) is 34.2 Å². The lowest BCUT2D eigenvalue weighted by Crippen LogP contribution is -1.99. The summed E-state index contributed by atoms with van der Waals surface area (Å²) in [4.78, 5) is 12.3. The van der Waals surface area contributed by atoms with Gasteiger partial charge >= 0.3 is 5.97 Å². The number of ether oxygens (including phenoxy) is 1. The summed E-state index contributed by atoms with van der Waals surface area (Å²) >= 11 is 7.02. The van der Waals surface area contributed by atoms with E-state index in [0.717, 1.165) is 28.2 Å². The van der Waals surface area contributed by atoms with Crippen LogP contribution < -0.4 is 4.74 Å². The van der Waals surface area contributed by atoms with Crippen LogP contribution in [0.4, 0.5) is 0 Å². The smallest absolute Gasteiger partial charge is 0.342 e. The summed E-state index contributed by atoms with van der Waals surface area (Å²) in [5.74, 6) is -0.410. The molecule has 40 heavy (non-hydrogen) atoms. The number of nitrogens with zero attached hydrogens (tertiary/aromatic N) is 3. The zero-order chi connectivity index (χ0) is 27.6. The molecule has 0 atom stereocenters. The number of aromatic nitrogens is 3. The van der Waals surface area contributed by atoms with E-state index in [1.807, 2.05) is 42.6 Å². The SMILES string of the molecule is COc1ccc(Cl)cc1-c1nnc(S/C(=C\c2cn(Cc3cccc4ccccc34)c3ccccc23)C(=O)O)o1. The fourth-order valence-corrected chi connectivity index (χ4v) is 5.55. The van der Waals surface area contributed by atoms with Crippen molar-refractivity contribution in [1.29, 1.82) is 0 Å². The van der Waals surface area contributed by atoms with E-state index in [-0.39, 0.29) is 16.0 Å². The molecule has 6 rings (SSSR count). The van der Waals surface area contributed by atoms with E-state index in [0.29, 0.717) is 22.9 Å². The fourth-order valence-electron chi connectivity index (χ4n) is 4.71. The number of para-hydroxylation sites is 1. The van der Waals surface area contributed by atoms with E-state index < -0.39 is 5.97 Å². The maximum absolute atomic E-state index is 12.3. The van der Waals surface area contributed by atoms with E-state index >= 15 is 0 Å². The zero-order valence-electron chi connectivity index (χ0n) is 21.2. The summed E-state index contributed by atoms with van der Waals surface area (Å²) in [5, 5.41) is 22.1. The van der Waals surface area contributed by atoms with Gasteiger partial charge in [0.25, 0.3) is 11.1 Å². The second-order valence-electron chi connectivity index (χ2n) is 9.00. The van der Waals surface area contributed by atoms with Crippen molar-refractivity contribution in [2.75, 3.05) is 7.11 Å². The second kappa shape index (κ2) is 10.9. The molecule has 0 saturated carbocycles. The van der Waals surface area contributed by atoms with E-state index in [2.05, 4.69) is 45.1 Å². The Morgan fingerprint density at radius 3 is 2.62 bits per heavy atom. The van der Waals surface area contributed by atoms with Crippen LogP contribution in [0.3, 0.4) is 0 Å². The van der Waals surface area contributed by atoms with Crippen LogP contribution in [0.5, 0.6) is 5.75 Å². The third-order valence-electron chi connectivity index (χ3n) is 6.53. The van der Waals surface area contributed by atoms with Crippen molar-refractivity contribution in [2.45, 2.75) is 11.8 Å². The molecule has 198 valence electrons. The molecular weight excluding hydrogens is 546 g/mol. The largest absolute Gasteiger partial charge is 0.496 e. The Hall–Kier alpha value is -4.53. The lowest BCUT2D eigenvalue weighted by Gasteiger charge is -2.09. The minimum absolute atomic E-state index is 0.0429. The first kappa shape index (κ1) is 25.7. The molecule has 7 nitrogen and oxygen atoms in total. The number of carboxylic acid groups (broad SMARTS) is 1. The van der Waals surface area contributed by atoms with Gasteiger partial charge < -0.3 is 18.8 Å². The van der Waals surface area contributed by atoms with Crippen LogP contribution >= 0.6 is 23.4 Å². The van der Waals surface area contributed by atoms with Gasteiger partial charge in [-0.1, -0.05) is 72.3 Å². The predicted octanol–water partition coefficient (Wildman–Crippen LogP) is 7.77. The number of fused-ring (bicyclic) bond motifs is 2. The molecule has 0 saturated heterocycles. The minimum atomic E-state index is -1.10. The second-order valence-corrected chi connectivity index (χ2v) is 10.4. The van der Waals surface area contributed by atoms with Gasteiger partial charge in [-0.05, 0) is 58.4 Å². The maximum atomic E-state index is 12.3. The molecule has 9 heteroatoms. The standard InChI is InChI=1S/C31H22ClN3O4S/c1-38-27-14-13-22(32)16-25(27)29-33-34-31(39-29)40-28(30(36)37)15-21-18-35(26-12-5-4-11-24(21)26)17-20-9-6-8-19-7-2-3-10-23(19)20/h2-16,18H,17H2,1H3,(H,36,37)/b28-15-.